The molecule has 234 valence electrons. The summed E-state index contributed by atoms with van der Waals surface area (Å²) >= 11 is 0. The minimum atomic E-state index is 0.0528. The minimum Gasteiger partial charge on any atom is -0.624 e. The van der Waals surface area contributed by atoms with Crippen LogP contribution in [-0.2, 0) is 9.47 Å². The lowest BCUT2D eigenvalue weighted by atomic mass is 9.99. The SMILES string of the molecule is C=C(CC)NC1CC(C)=CC=C1OC1=CC=C([NH+]([O-])C2=CC=C([NH+]([O-])C3=CC=C(OC4=C(N)C=C(C)CC4)CC3)CC2)CC1. The zero-order chi connectivity index (χ0) is 31.2. The Kier molecular flexibility index (Phi) is 10.3. The number of hydrogen-bond acceptors (Lipinski definition) is 6. The maximum atomic E-state index is 13.3. The lowest BCUT2D eigenvalue weighted by molar-refractivity contribution is -0.773. The van der Waals surface area contributed by atoms with E-state index in [4.69, 9.17) is 15.2 Å². The van der Waals surface area contributed by atoms with Gasteiger partial charge in [0.2, 0.25) is 0 Å². The van der Waals surface area contributed by atoms with Crippen LogP contribution in [0.2, 0.25) is 0 Å². The van der Waals surface area contributed by atoms with E-state index in [9.17, 15) is 10.4 Å². The van der Waals surface area contributed by atoms with Crippen LogP contribution >= 0.6 is 0 Å². The first-order valence-corrected chi connectivity index (χ1v) is 15.8. The van der Waals surface area contributed by atoms with E-state index in [-0.39, 0.29) is 16.2 Å². The van der Waals surface area contributed by atoms with Gasteiger partial charge >= 0.3 is 0 Å². The minimum absolute atomic E-state index is 0.0528. The van der Waals surface area contributed by atoms with Crippen molar-refractivity contribution in [2.24, 2.45) is 5.73 Å². The number of quaternary nitrogens is 2. The first-order chi connectivity index (χ1) is 21.2. The van der Waals surface area contributed by atoms with E-state index in [0.717, 1.165) is 77.2 Å². The van der Waals surface area contributed by atoms with Gasteiger partial charge in [-0.25, -0.2) is 0 Å². The molecule has 3 atom stereocenters. The van der Waals surface area contributed by atoms with Gasteiger partial charge in [-0.3, -0.25) is 0 Å². The van der Waals surface area contributed by atoms with E-state index in [1.165, 1.54) is 11.1 Å². The average molecular weight is 599 g/mol. The molecular weight excluding hydrogens is 552 g/mol. The van der Waals surface area contributed by atoms with Crippen LogP contribution in [0, 0.1) is 10.4 Å². The van der Waals surface area contributed by atoms with Gasteiger partial charge in [-0.2, -0.15) is 0 Å². The largest absolute Gasteiger partial charge is 0.624 e. The Labute approximate surface area is 261 Å². The zero-order valence-corrected chi connectivity index (χ0v) is 26.3. The van der Waals surface area contributed by atoms with Crippen LogP contribution in [0.5, 0.6) is 0 Å². The third kappa shape index (κ3) is 7.81. The highest BCUT2D eigenvalue weighted by molar-refractivity contribution is 5.31. The van der Waals surface area contributed by atoms with Crippen molar-refractivity contribution in [3.8, 4) is 0 Å². The van der Waals surface area contributed by atoms with Crippen LogP contribution in [0.1, 0.15) is 85.0 Å². The Morgan fingerprint density at radius 2 is 1.32 bits per heavy atom. The molecule has 8 nitrogen and oxygen atoms in total. The number of nitrogens with one attached hydrogen (secondary N) is 3. The summed E-state index contributed by atoms with van der Waals surface area (Å²) in [5, 5.41) is 30.1. The molecule has 0 aromatic heterocycles. The van der Waals surface area contributed by atoms with Crippen molar-refractivity contribution in [1.82, 2.24) is 5.32 Å². The van der Waals surface area contributed by atoms with Gasteiger partial charge in [-0.05, 0) is 69.6 Å². The van der Waals surface area contributed by atoms with Crippen molar-refractivity contribution in [3.05, 3.63) is 140 Å². The molecule has 5 aliphatic rings. The Balaban J connectivity index is 1.18. The molecule has 5 rings (SSSR count). The Bertz CT molecular complexity index is 1480. The molecule has 0 aromatic rings. The van der Waals surface area contributed by atoms with Gasteiger partial charge < -0.3 is 41.1 Å². The molecule has 0 spiro atoms. The molecule has 8 heteroatoms. The molecule has 3 unspecified atom stereocenters. The molecule has 5 N–H and O–H groups in total. The molecule has 44 heavy (non-hydrogen) atoms. The van der Waals surface area contributed by atoms with E-state index in [0.29, 0.717) is 44.2 Å². The summed E-state index contributed by atoms with van der Waals surface area (Å²) in [4.78, 5) is 0. The second-order valence-corrected chi connectivity index (χ2v) is 12.2. The van der Waals surface area contributed by atoms with E-state index < -0.39 is 0 Å². The van der Waals surface area contributed by atoms with Crippen molar-refractivity contribution < 1.29 is 19.6 Å². The molecule has 0 aliphatic heterocycles. The third-order valence-electron chi connectivity index (χ3n) is 8.72. The first-order valence-electron chi connectivity index (χ1n) is 15.8. The maximum Gasteiger partial charge on any atom is 0.127 e. The standard InChI is InChI=1S/C36H46N4O4/c1-5-26(4)38-34-23-25(3)7-21-36(34)44-32-18-14-30(15-19-32)40(42)28-10-8-27(9-11-28)39(41)29-12-16-31(17-13-29)43-35-20-6-24(2)22-33(35)37/h7-8,10,12,14,16,18,21-22,34,38-40H,4-6,9,11,13,15,17,19-20,23,37H2,1-3H3. The van der Waals surface area contributed by atoms with Crippen molar-refractivity contribution in [3.63, 3.8) is 0 Å². The second-order valence-electron chi connectivity index (χ2n) is 12.2. The number of hydrogen-bond donors (Lipinski definition) is 4. The van der Waals surface area contributed by atoms with Gasteiger partial charge in [-0.1, -0.05) is 30.7 Å². The molecule has 0 aromatic carbocycles. The lowest BCUT2D eigenvalue weighted by Gasteiger charge is -2.33. The van der Waals surface area contributed by atoms with Crippen LogP contribution < -0.4 is 21.2 Å². The molecule has 0 amide bonds. The van der Waals surface area contributed by atoms with Crippen molar-refractivity contribution in [2.45, 2.75) is 91.0 Å². The van der Waals surface area contributed by atoms with Crippen LogP contribution in [0.4, 0.5) is 0 Å². The van der Waals surface area contributed by atoms with Crippen molar-refractivity contribution >= 4 is 0 Å². The van der Waals surface area contributed by atoms with E-state index in [1.807, 2.05) is 48.6 Å². The van der Waals surface area contributed by atoms with E-state index >= 15 is 0 Å². The Morgan fingerprint density at radius 3 is 1.82 bits per heavy atom. The molecule has 0 saturated carbocycles. The summed E-state index contributed by atoms with van der Waals surface area (Å²) in [6.45, 7) is 10.4. The molecule has 0 saturated heterocycles. The predicted molar refractivity (Wildman–Crippen MR) is 174 cm³/mol. The summed E-state index contributed by atoms with van der Waals surface area (Å²) in [7, 11) is 0. The van der Waals surface area contributed by atoms with Gasteiger partial charge in [0.1, 0.15) is 45.8 Å². The Morgan fingerprint density at radius 1 is 0.773 bits per heavy atom. The second kappa shape index (κ2) is 14.3. The van der Waals surface area contributed by atoms with Crippen molar-refractivity contribution in [1.29, 1.82) is 0 Å². The van der Waals surface area contributed by atoms with Gasteiger partial charge in [0.15, 0.2) is 0 Å². The number of ether oxygens (including phenoxy) is 2. The van der Waals surface area contributed by atoms with Crippen LogP contribution in [-0.4, -0.2) is 6.04 Å². The van der Waals surface area contributed by atoms with Gasteiger partial charge in [0.05, 0.1) is 11.7 Å². The normalized spacial score (nSPS) is 23.8. The topological polar surface area (TPSA) is 112 Å². The zero-order valence-electron chi connectivity index (χ0n) is 26.3. The molecule has 0 radical (unpaired) electrons. The van der Waals surface area contributed by atoms with Crippen LogP contribution in [0.15, 0.2) is 130 Å². The molecular formula is C36H46N4O4. The number of nitrogens with two attached hydrogens (primary N) is 1. The fourth-order valence-electron chi connectivity index (χ4n) is 5.91. The monoisotopic (exact) mass is 598 g/mol. The quantitative estimate of drug-likeness (QED) is 0.234. The predicted octanol–water partition coefficient (Wildman–Crippen LogP) is 5.50. The highest BCUT2D eigenvalue weighted by atomic mass is 16.5. The summed E-state index contributed by atoms with van der Waals surface area (Å²) < 4.78 is 12.4. The van der Waals surface area contributed by atoms with Crippen LogP contribution in [0.25, 0.3) is 0 Å². The van der Waals surface area contributed by atoms with Gasteiger partial charge in [0.25, 0.3) is 0 Å². The fraction of sp³-hybridized carbons (Fsp3) is 0.389. The lowest BCUT2D eigenvalue weighted by Crippen LogP contribution is -3.05. The number of allylic oxidation sites excluding steroid dienone is 18. The third-order valence-corrected chi connectivity index (χ3v) is 8.72. The number of hydroxylamine groups is 4. The number of rotatable bonds is 11. The van der Waals surface area contributed by atoms with Gasteiger partial charge in [0, 0.05) is 62.8 Å². The molecule has 0 bridgehead atoms. The Hall–Kier alpha value is -3.82. The highest BCUT2D eigenvalue weighted by Crippen LogP contribution is 2.28. The van der Waals surface area contributed by atoms with Gasteiger partial charge in [-0.15, -0.1) is 0 Å². The average Bonchev–Trinajstić information content (AvgIpc) is 3.03. The molecule has 5 aliphatic carbocycles. The summed E-state index contributed by atoms with van der Waals surface area (Å²) in [6.07, 6.45) is 24.5. The van der Waals surface area contributed by atoms with E-state index in [2.05, 4.69) is 38.7 Å². The summed E-state index contributed by atoms with van der Waals surface area (Å²) in [5.41, 5.74) is 13.4. The van der Waals surface area contributed by atoms with Crippen LogP contribution in [0.3, 0.4) is 0 Å². The van der Waals surface area contributed by atoms with Crippen molar-refractivity contribution in [2.75, 3.05) is 0 Å². The first kappa shape index (κ1) is 31.6. The molecule has 0 heterocycles. The van der Waals surface area contributed by atoms with E-state index in [1.54, 1.807) is 0 Å². The highest BCUT2D eigenvalue weighted by Gasteiger charge is 2.25. The smallest absolute Gasteiger partial charge is 0.127 e. The molecule has 0 fully saturated rings. The summed E-state index contributed by atoms with van der Waals surface area (Å²) in [5.74, 6) is 3.38. The fourth-order valence-corrected chi connectivity index (χ4v) is 5.91. The maximum absolute atomic E-state index is 13.3. The summed E-state index contributed by atoms with van der Waals surface area (Å²) in [6, 6.07) is 0.0628.